The van der Waals surface area contributed by atoms with Gasteiger partial charge in [0, 0.05) is 17.8 Å². The summed E-state index contributed by atoms with van der Waals surface area (Å²) in [4.78, 5) is 0. The molecule has 0 radical (unpaired) electrons. The first kappa shape index (κ1) is 14.3. The SMILES string of the molecule is O/N=C1\[C@H]2CCC[C@H]1C(c1ccccc1)=C[C@H]2c1ccccc1. The molecule has 0 unspecified atom stereocenters. The van der Waals surface area contributed by atoms with Gasteiger partial charge in [-0.05, 0) is 29.5 Å². The van der Waals surface area contributed by atoms with Crippen molar-refractivity contribution in [2.24, 2.45) is 17.0 Å². The van der Waals surface area contributed by atoms with Crippen molar-refractivity contribution in [3.63, 3.8) is 0 Å². The van der Waals surface area contributed by atoms with Crippen molar-refractivity contribution < 1.29 is 5.21 Å². The maximum atomic E-state index is 9.69. The fourth-order valence-corrected chi connectivity index (χ4v) is 4.28. The monoisotopic (exact) mass is 303 g/mol. The van der Waals surface area contributed by atoms with E-state index in [0.717, 1.165) is 18.6 Å². The molecule has 2 aliphatic carbocycles. The quantitative estimate of drug-likeness (QED) is 0.606. The molecule has 0 saturated heterocycles. The lowest BCUT2D eigenvalue weighted by Crippen LogP contribution is -2.36. The second-order valence-electron chi connectivity index (χ2n) is 6.54. The van der Waals surface area contributed by atoms with Gasteiger partial charge in [0.15, 0.2) is 0 Å². The normalized spacial score (nSPS) is 28.4. The Hall–Kier alpha value is -2.35. The number of allylic oxidation sites excluding steroid dienone is 2. The molecule has 2 aromatic rings. The maximum absolute atomic E-state index is 9.69. The van der Waals surface area contributed by atoms with E-state index in [0.29, 0.717) is 11.8 Å². The standard InChI is InChI=1S/C21H21NO/c23-22-21-17-12-7-13-18(21)20(16-10-5-2-6-11-16)14-19(17)15-8-3-1-4-9-15/h1-6,8-11,14,17-19,23H,7,12-13H2/b22-21+/t17-,18-,19-/m0/s1. The van der Waals surface area contributed by atoms with Crippen LogP contribution in [0.25, 0.3) is 5.57 Å². The molecule has 1 fully saturated rings. The summed E-state index contributed by atoms with van der Waals surface area (Å²) >= 11 is 0. The van der Waals surface area contributed by atoms with Gasteiger partial charge in [-0.1, -0.05) is 78.3 Å². The van der Waals surface area contributed by atoms with Gasteiger partial charge in [0.05, 0.1) is 5.71 Å². The van der Waals surface area contributed by atoms with Crippen LogP contribution in [0.2, 0.25) is 0 Å². The number of nitrogens with zero attached hydrogens (tertiary/aromatic N) is 1. The minimum atomic E-state index is 0.265. The third kappa shape index (κ3) is 2.48. The molecule has 0 spiro atoms. The molecule has 1 saturated carbocycles. The molecule has 1 N–H and O–H groups in total. The van der Waals surface area contributed by atoms with Gasteiger partial charge in [0.25, 0.3) is 0 Å². The zero-order chi connectivity index (χ0) is 15.6. The number of hydrogen-bond donors (Lipinski definition) is 1. The Labute approximate surface area is 137 Å². The van der Waals surface area contributed by atoms with E-state index in [1.54, 1.807) is 0 Å². The van der Waals surface area contributed by atoms with Crippen LogP contribution in [0.15, 0.2) is 71.9 Å². The van der Waals surface area contributed by atoms with Gasteiger partial charge in [-0.25, -0.2) is 0 Å². The Bertz CT molecular complexity index is 733. The molecule has 4 rings (SSSR count). The van der Waals surface area contributed by atoms with E-state index in [1.807, 2.05) is 6.07 Å². The summed E-state index contributed by atoms with van der Waals surface area (Å²) in [7, 11) is 0. The molecule has 116 valence electrons. The van der Waals surface area contributed by atoms with Gasteiger partial charge in [-0.2, -0.15) is 0 Å². The van der Waals surface area contributed by atoms with Gasteiger partial charge in [-0.3, -0.25) is 0 Å². The van der Waals surface area contributed by atoms with Crippen molar-refractivity contribution in [3.8, 4) is 0 Å². The minimum Gasteiger partial charge on any atom is -0.411 e. The molecule has 2 heteroatoms. The molecule has 2 aromatic carbocycles. The molecule has 2 aliphatic rings. The molecular formula is C21H21NO. The summed E-state index contributed by atoms with van der Waals surface area (Å²) in [5.41, 5.74) is 4.86. The summed E-state index contributed by atoms with van der Waals surface area (Å²) in [5.74, 6) is 0.892. The fraction of sp³-hybridized carbons (Fsp3) is 0.286. The molecule has 2 nitrogen and oxygen atoms in total. The van der Waals surface area contributed by atoms with Crippen LogP contribution in [0.3, 0.4) is 0 Å². The predicted octanol–water partition coefficient (Wildman–Crippen LogP) is 5.11. The van der Waals surface area contributed by atoms with E-state index in [2.05, 4.69) is 65.8 Å². The van der Waals surface area contributed by atoms with Crippen molar-refractivity contribution in [1.82, 2.24) is 0 Å². The molecule has 0 aliphatic heterocycles. The van der Waals surface area contributed by atoms with E-state index < -0.39 is 0 Å². The van der Waals surface area contributed by atoms with E-state index >= 15 is 0 Å². The largest absolute Gasteiger partial charge is 0.411 e. The first-order valence-electron chi connectivity index (χ1n) is 8.42. The highest BCUT2D eigenvalue weighted by Gasteiger charge is 2.40. The number of fused-ring (bicyclic) bond motifs is 2. The van der Waals surface area contributed by atoms with Crippen LogP contribution in [0.4, 0.5) is 0 Å². The fourth-order valence-electron chi connectivity index (χ4n) is 4.28. The van der Waals surface area contributed by atoms with Crippen LogP contribution in [-0.4, -0.2) is 10.9 Å². The van der Waals surface area contributed by atoms with Crippen LogP contribution in [0.5, 0.6) is 0 Å². The highest BCUT2D eigenvalue weighted by Crippen LogP contribution is 2.48. The van der Waals surface area contributed by atoms with Gasteiger partial charge in [0.1, 0.15) is 0 Å². The van der Waals surface area contributed by atoms with Gasteiger partial charge in [0.2, 0.25) is 0 Å². The lowest BCUT2D eigenvalue weighted by atomic mass is 9.63. The van der Waals surface area contributed by atoms with Crippen LogP contribution in [0, 0.1) is 11.8 Å². The molecule has 0 heterocycles. The van der Waals surface area contributed by atoms with Crippen molar-refractivity contribution in [1.29, 1.82) is 0 Å². The van der Waals surface area contributed by atoms with Crippen LogP contribution >= 0.6 is 0 Å². The van der Waals surface area contributed by atoms with E-state index in [-0.39, 0.29) is 5.92 Å². The Balaban J connectivity index is 1.86. The number of rotatable bonds is 2. The topological polar surface area (TPSA) is 32.6 Å². The lowest BCUT2D eigenvalue weighted by molar-refractivity contribution is 0.301. The Morgan fingerprint density at radius 1 is 0.870 bits per heavy atom. The van der Waals surface area contributed by atoms with Gasteiger partial charge in [-0.15, -0.1) is 0 Å². The Morgan fingerprint density at radius 3 is 2.26 bits per heavy atom. The second-order valence-corrected chi connectivity index (χ2v) is 6.54. The van der Waals surface area contributed by atoms with Crippen LogP contribution in [-0.2, 0) is 0 Å². The van der Waals surface area contributed by atoms with Crippen molar-refractivity contribution in [2.75, 3.05) is 0 Å². The first-order chi connectivity index (χ1) is 11.4. The molecule has 2 bridgehead atoms. The van der Waals surface area contributed by atoms with E-state index in [4.69, 9.17) is 0 Å². The van der Waals surface area contributed by atoms with Crippen molar-refractivity contribution in [3.05, 3.63) is 77.9 Å². The molecule has 23 heavy (non-hydrogen) atoms. The van der Waals surface area contributed by atoms with Crippen molar-refractivity contribution in [2.45, 2.75) is 25.2 Å². The van der Waals surface area contributed by atoms with Crippen molar-refractivity contribution >= 4 is 11.3 Å². The Morgan fingerprint density at radius 2 is 1.57 bits per heavy atom. The summed E-state index contributed by atoms with van der Waals surface area (Å²) in [6, 6.07) is 21.2. The highest BCUT2D eigenvalue weighted by molar-refractivity contribution is 6.01. The lowest BCUT2D eigenvalue weighted by Gasteiger charge is -2.40. The second kappa shape index (κ2) is 6.04. The van der Waals surface area contributed by atoms with E-state index in [1.165, 1.54) is 23.1 Å². The number of hydrogen-bond acceptors (Lipinski definition) is 2. The van der Waals surface area contributed by atoms with Gasteiger partial charge >= 0.3 is 0 Å². The summed E-state index contributed by atoms with van der Waals surface area (Å²) in [5, 5.41) is 13.4. The molecule has 0 amide bonds. The zero-order valence-electron chi connectivity index (χ0n) is 13.1. The van der Waals surface area contributed by atoms with Crippen LogP contribution in [0.1, 0.15) is 36.3 Å². The Kier molecular flexibility index (Phi) is 3.74. The maximum Gasteiger partial charge on any atom is 0.0685 e. The summed E-state index contributed by atoms with van der Waals surface area (Å²) < 4.78 is 0. The average molecular weight is 303 g/mol. The highest BCUT2D eigenvalue weighted by atomic mass is 16.4. The average Bonchev–Trinajstić information content (AvgIpc) is 2.63. The van der Waals surface area contributed by atoms with E-state index in [9.17, 15) is 5.21 Å². The third-order valence-corrected chi connectivity index (χ3v) is 5.32. The number of oxime groups is 1. The smallest absolute Gasteiger partial charge is 0.0685 e. The molecule has 0 aromatic heterocycles. The summed E-state index contributed by atoms with van der Waals surface area (Å²) in [6.45, 7) is 0. The van der Waals surface area contributed by atoms with Gasteiger partial charge < -0.3 is 5.21 Å². The zero-order valence-corrected chi connectivity index (χ0v) is 13.1. The molecular weight excluding hydrogens is 282 g/mol. The first-order valence-corrected chi connectivity index (χ1v) is 8.42. The minimum absolute atomic E-state index is 0.265. The predicted molar refractivity (Wildman–Crippen MR) is 93.7 cm³/mol. The summed E-state index contributed by atoms with van der Waals surface area (Å²) in [6.07, 6.45) is 5.81. The third-order valence-electron chi connectivity index (χ3n) is 5.32. The number of benzene rings is 2. The molecule has 3 atom stereocenters. The van der Waals surface area contributed by atoms with Crippen LogP contribution < -0.4 is 0 Å².